The van der Waals surface area contributed by atoms with E-state index in [0.29, 0.717) is 26.1 Å². The van der Waals surface area contributed by atoms with Crippen molar-refractivity contribution in [1.29, 1.82) is 0 Å². The van der Waals surface area contributed by atoms with E-state index in [1.807, 2.05) is 61.5 Å². The molecule has 0 radical (unpaired) electrons. The van der Waals surface area contributed by atoms with Crippen LogP contribution in [0, 0.1) is 6.92 Å². The van der Waals surface area contributed by atoms with E-state index in [0.717, 1.165) is 16.7 Å². The number of hydrogen-bond acceptors (Lipinski definition) is 2. The number of amides is 3. The van der Waals surface area contributed by atoms with Gasteiger partial charge >= 0.3 is 6.03 Å². The Bertz CT molecular complexity index is 746. The highest BCUT2D eigenvalue weighted by molar-refractivity contribution is 5.81. The fraction of sp³-hybridized carbons (Fsp3) is 0.300. The SMILES string of the molecule is Cc1cccc(CNC(=O)NC2CC(=O)N(Cc3ccccc3)C2)c1. The van der Waals surface area contributed by atoms with Crippen LogP contribution >= 0.6 is 0 Å². The van der Waals surface area contributed by atoms with Crippen molar-refractivity contribution in [2.24, 2.45) is 0 Å². The zero-order valence-electron chi connectivity index (χ0n) is 14.4. The molecule has 0 saturated carbocycles. The van der Waals surface area contributed by atoms with Gasteiger partial charge in [0.1, 0.15) is 0 Å². The summed E-state index contributed by atoms with van der Waals surface area (Å²) in [5.41, 5.74) is 3.32. The third-order valence-corrected chi connectivity index (χ3v) is 4.30. The maximum atomic E-state index is 12.1. The molecule has 0 bridgehead atoms. The van der Waals surface area contributed by atoms with Crippen LogP contribution in [0.4, 0.5) is 4.79 Å². The maximum Gasteiger partial charge on any atom is 0.315 e. The topological polar surface area (TPSA) is 61.4 Å². The van der Waals surface area contributed by atoms with Crippen molar-refractivity contribution in [1.82, 2.24) is 15.5 Å². The minimum atomic E-state index is -0.235. The summed E-state index contributed by atoms with van der Waals surface area (Å²) in [6.07, 6.45) is 0.352. The molecule has 1 aliphatic rings. The number of likely N-dealkylation sites (tertiary alicyclic amines) is 1. The molecule has 5 heteroatoms. The largest absolute Gasteiger partial charge is 0.336 e. The molecule has 130 valence electrons. The first-order valence-electron chi connectivity index (χ1n) is 8.52. The van der Waals surface area contributed by atoms with Gasteiger partial charge in [-0.25, -0.2) is 4.79 Å². The highest BCUT2D eigenvalue weighted by atomic mass is 16.2. The summed E-state index contributed by atoms with van der Waals surface area (Å²) in [6, 6.07) is 17.5. The summed E-state index contributed by atoms with van der Waals surface area (Å²) in [7, 11) is 0. The van der Waals surface area contributed by atoms with Crippen LogP contribution in [0.2, 0.25) is 0 Å². The lowest BCUT2D eigenvalue weighted by molar-refractivity contribution is -0.128. The van der Waals surface area contributed by atoms with Crippen molar-refractivity contribution in [3.8, 4) is 0 Å². The van der Waals surface area contributed by atoms with Gasteiger partial charge in [-0.05, 0) is 18.1 Å². The molecule has 0 spiro atoms. The monoisotopic (exact) mass is 337 g/mol. The van der Waals surface area contributed by atoms with Gasteiger partial charge in [-0.3, -0.25) is 4.79 Å². The number of aryl methyl sites for hydroxylation is 1. The van der Waals surface area contributed by atoms with Crippen LogP contribution in [0.25, 0.3) is 0 Å². The van der Waals surface area contributed by atoms with Crippen molar-refractivity contribution >= 4 is 11.9 Å². The third-order valence-electron chi connectivity index (χ3n) is 4.30. The molecule has 3 amide bonds. The average Bonchev–Trinajstić information content (AvgIpc) is 2.93. The molecular weight excluding hydrogens is 314 g/mol. The Balaban J connectivity index is 1.47. The Morgan fingerprint density at radius 2 is 1.88 bits per heavy atom. The standard InChI is InChI=1S/C20H23N3O2/c1-15-6-5-9-17(10-15)12-21-20(25)22-18-11-19(24)23(14-18)13-16-7-3-2-4-8-16/h2-10,18H,11-14H2,1H3,(H2,21,22,25). The Kier molecular flexibility index (Phi) is 5.33. The molecule has 3 rings (SSSR count). The predicted octanol–water partition coefficient (Wildman–Crippen LogP) is 2.60. The lowest BCUT2D eigenvalue weighted by Crippen LogP contribution is -2.43. The van der Waals surface area contributed by atoms with Crippen LogP contribution in [0.15, 0.2) is 54.6 Å². The second-order valence-electron chi connectivity index (χ2n) is 6.48. The second kappa shape index (κ2) is 7.83. The minimum absolute atomic E-state index is 0.0767. The molecule has 5 nitrogen and oxygen atoms in total. The lowest BCUT2D eigenvalue weighted by Gasteiger charge is -2.17. The Morgan fingerprint density at radius 1 is 1.12 bits per heavy atom. The summed E-state index contributed by atoms with van der Waals surface area (Å²) in [5.74, 6) is 0.0767. The maximum absolute atomic E-state index is 12.1. The van der Waals surface area contributed by atoms with E-state index in [1.54, 1.807) is 4.90 Å². The van der Waals surface area contributed by atoms with E-state index in [-0.39, 0.29) is 18.0 Å². The molecular formula is C20H23N3O2. The van der Waals surface area contributed by atoms with Gasteiger partial charge in [-0.2, -0.15) is 0 Å². The van der Waals surface area contributed by atoms with Crippen LogP contribution in [0.1, 0.15) is 23.1 Å². The van der Waals surface area contributed by atoms with Gasteiger partial charge in [0.15, 0.2) is 0 Å². The number of carbonyl (C=O) groups is 2. The van der Waals surface area contributed by atoms with Crippen LogP contribution in [0.5, 0.6) is 0 Å². The smallest absolute Gasteiger partial charge is 0.315 e. The fourth-order valence-electron chi connectivity index (χ4n) is 3.07. The summed E-state index contributed by atoms with van der Waals surface area (Å²) >= 11 is 0. The molecule has 2 aromatic rings. The molecule has 0 aromatic heterocycles. The fourth-order valence-corrected chi connectivity index (χ4v) is 3.07. The van der Waals surface area contributed by atoms with Gasteiger partial charge in [0.05, 0.1) is 6.04 Å². The van der Waals surface area contributed by atoms with E-state index in [1.165, 1.54) is 0 Å². The van der Waals surface area contributed by atoms with Gasteiger partial charge in [0, 0.05) is 26.1 Å². The molecule has 1 unspecified atom stereocenters. The van der Waals surface area contributed by atoms with Gasteiger partial charge in [-0.1, -0.05) is 60.2 Å². The molecule has 2 aromatic carbocycles. The number of urea groups is 1. The van der Waals surface area contributed by atoms with Crippen LogP contribution in [-0.4, -0.2) is 29.4 Å². The summed E-state index contributed by atoms with van der Waals surface area (Å²) < 4.78 is 0. The van der Waals surface area contributed by atoms with Gasteiger partial charge < -0.3 is 15.5 Å². The molecule has 1 aliphatic heterocycles. The molecule has 0 aliphatic carbocycles. The summed E-state index contributed by atoms with van der Waals surface area (Å²) in [6.45, 7) is 3.63. The van der Waals surface area contributed by atoms with Crippen LogP contribution in [-0.2, 0) is 17.9 Å². The molecule has 1 saturated heterocycles. The molecule has 1 fully saturated rings. The lowest BCUT2D eigenvalue weighted by atomic mass is 10.1. The van der Waals surface area contributed by atoms with E-state index in [4.69, 9.17) is 0 Å². The molecule has 1 atom stereocenters. The highest BCUT2D eigenvalue weighted by Crippen LogP contribution is 2.15. The third kappa shape index (κ3) is 4.83. The minimum Gasteiger partial charge on any atom is -0.336 e. The van der Waals surface area contributed by atoms with Gasteiger partial charge in [-0.15, -0.1) is 0 Å². The van der Waals surface area contributed by atoms with Gasteiger partial charge in [0.25, 0.3) is 0 Å². The predicted molar refractivity (Wildman–Crippen MR) is 96.8 cm³/mol. The zero-order valence-corrected chi connectivity index (χ0v) is 14.4. The number of nitrogens with one attached hydrogen (secondary N) is 2. The molecule has 1 heterocycles. The number of carbonyl (C=O) groups excluding carboxylic acids is 2. The Hall–Kier alpha value is -2.82. The van der Waals surface area contributed by atoms with E-state index >= 15 is 0 Å². The molecule has 25 heavy (non-hydrogen) atoms. The highest BCUT2D eigenvalue weighted by Gasteiger charge is 2.30. The number of nitrogens with zero attached hydrogens (tertiary/aromatic N) is 1. The summed E-state index contributed by atoms with van der Waals surface area (Å²) in [4.78, 5) is 26.0. The summed E-state index contributed by atoms with van der Waals surface area (Å²) in [5, 5.41) is 5.75. The van der Waals surface area contributed by atoms with Crippen molar-refractivity contribution in [3.63, 3.8) is 0 Å². The van der Waals surface area contributed by atoms with Crippen LogP contribution in [0.3, 0.4) is 0 Å². The van der Waals surface area contributed by atoms with Crippen molar-refractivity contribution in [3.05, 3.63) is 71.3 Å². The van der Waals surface area contributed by atoms with E-state index in [2.05, 4.69) is 10.6 Å². The van der Waals surface area contributed by atoms with Crippen LogP contribution < -0.4 is 10.6 Å². The number of rotatable bonds is 5. The van der Waals surface area contributed by atoms with Crippen molar-refractivity contribution in [2.75, 3.05) is 6.54 Å². The first-order chi connectivity index (χ1) is 12.1. The zero-order chi connectivity index (χ0) is 17.6. The number of hydrogen-bond donors (Lipinski definition) is 2. The average molecular weight is 337 g/mol. The van der Waals surface area contributed by atoms with Crippen molar-refractivity contribution in [2.45, 2.75) is 32.5 Å². The number of benzene rings is 2. The second-order valence-corrected chi connectivity index (χ2v) is 6.48. The Morgan fingerprint density at radius 3 is 2.64 bits per heavy atom. The van der Waals surface area contributed by atoms with E-state index in [9.17, 15) is 9.59 Å². The van der Waals surface area contributed by atoms with Crippen molar-refractivity contribution < 1.29 is 9.59 Å². The quantitative estimate of drug-likeness (QED) is 0.881. The van der Waals surface area contributed by atoms with Gasteiger partial charge in [0.2, 0.25) is 5.91 Å². The first kappa shape index (κ1) is 17.0. The Labute approximate surface area is 148 Å². The normalized spacial score (nSPS) is 16.8. The van der Waals surface area contributed by atoms with E-state index < -0.39 is 0 Å². The molecule has 2 N–H and O–H groups in total. The first-order valence-corrected chi connectivity index (χ1v) is 8.52.